The summed E-state index contributed by atoms with van der Waals surface area (Å²) in [6.07, 6.45) is 1.46. The predicted octanol–water partition coefficient (Wildman–Crippen LogP) is 2.66. The molecule has 0 saturated heterocycles. The van der Waals surface area contributed by atoms with E-state index in [2.05, 4.69) is 10.3 Å². The van der Waals surface area contributed by atoms with Crippen molar-refractivity contribution in [3.8, 4) is 11.5 Å². The molecule has 0 aliphatic rings. The maximum absolute atomic E-state index is 12.3. The fraction of sp³-hybridized carbons (Fsp3) is 0.150. The second kappa shape index (κ2) is 9.01. The highest BCUT2D eigenvalue weighted by atomic mass is 32.1. The van der Waals surface area contributed by atoms with Crippen molar-refractivity contribution in [2.45, 2.75) is 6.54 Å². The predicted molar refractivity (Wildman–Crippen MR) is 107 cm³/mol. The molecule has 0 radical (unpaired) electrons. The van der Waals surface area contributed by atoms with Crippen LogP contribution >= 0.6 is 11.3 Å². The molecule has 1 aromatic heterocycles. The number of aromatic nitrogens is 1. The number of nitrogens with two attached hydrogens (primary N) is 1. The standard InChI is InChI=1S/C20H19N3O4S/c1-26-16-4-2-3-13(9-16)10-22-18(24)12-27-15-7-5-14(6-8-15)19(25)17-11-23-20(21)28-17/h2-9,11H,10,12H2,1H3,(H2,21,23)(H,22,24). The molecule has 0 fully saturated rings. The van der Waals surface area contributed by atoms with Gasteiger partial charge in [-0.1, -0.05) is 23.5 Å². The van der Waals surface area contributed by atoms with Crippen molar-refractivity contribution in [1.82, 2.24) is 10.3 Å². The van der Waals surface area contributed by atoms with Crippen molar-refractivity contribution < 1.29 is 19.1 Å². The van der Waals surface area contributed by atoms with Crippen molar-refractivity contribution in [2.24, 2.45) is 0 Å². The minimum Gasteiger partial charge on any atom is -0.497 e. The van der Waals surface area contributed by atoms with Crippen LogP contribution < -0.4 is 20.5 Å². The number of hydrogen-bond donors (Lipinski definition) is 2. The third-order valence-corrected chi connectivity index (χ3v) is 4.68. The number of hydrogen-bond acceptors (Lipinski definition) is 7. The molecule has 1 heterocycles. The monoisotopic (exact) mass is 397 g/mol. The molecule has 0 spiro atoms. The van der Waals surface area contributed by atoms with Crippen LogP contribution in [0.2, 0.25) is 0 Å². The van der Waals surface area contributed by atoms with Crippen LogP contribution in [0, 0.1) is 0 Å². The zero-order chi connectivity index (χ0) is 19.9. The van der Waals surface area contributed by atoms with Crippen LogP contribution in [0.15, 0.2) is 54.7 Å². The number of benzene rings is 2. The molecule has 3 N–H and O–H groups in total. The fourth-order valence-corrected chi connectivity index (χ4v) is 3.07. The number of nitrogens with zero attached hydrogens (tertiary/aromatic N) is 1. The van der Waals surface area contributed by atoms with Gasteiger partial charge in [0.1, 0.15) is 11.5 Å². The molecule has 0 atom stereocenters. The normalized spacial score (nSPS) is 10.3. The summed E-state index contributed by atoms with van der Waals surface area (Å²) < 4.78 is 10.6. The average molecular weight is 397 g/mol. The third kappa shape index (κ3) is 5.08. The lowest BCUT2D eigenvalue weighted by Crippen LogP contribution is -2.28. The van der Waals surface area contributed by atoms with Crippen molar-refractivity contribution in [1.29, 1.82) is 0 Å². The number of carbonyl (C=O) groups excluding carboxylic acids is 2. The molecule has 3 aromatic rings. The van der Waals surface area contributed by atoms with E-state index < -0.39 is 0 Å². The fourth-order valence-electron chi connectivity index (χ4n) is 2.42. The molecule has 8 heteroatoms. The van der Waals surface area contributed by atoms with Crippen molar-refractivity contribution in [3.63, 3.8) is 0 Å². The van der Waals surface area contributed by atoms with Gasteiger partial charge in [-0.05, 0) is 42.0 Å². The number of ether oxygens (including phenoxy) is 2. The first-order chi connectivity index (χ1) is 13.5. The van der Waals surface area contributed by atoms with Crippen molar-refractivity contribution >= 4 is 28.2 Å². The number of thiazole rings is 1. The molecule has 7 nitrogen and oxygen atoms in total. The van der Waals surface area contributed by atoms with Gasteiger partial charge in [-0.2, -0.15) is 0 Å². The number of anilines is 1. The number of nitrogens with one attached hydrogen (secondary N) is 1. The Morgan fingerprint density at radius 2 is 1.93 bits per heavy atom. The Morgan fingerprint density at radius 1 is 1.14 bits per heavy atom. The van der Waals surface area contributed by atoms with E-state index in [-0.39, 0.29) is 18.3 Å². The topological polar surface area (TPSA) is 104 Å². The Kier molecular flexibility index (Phi) is 6.23. The maximum atomic E-state index is 12.3. The van der Waals surface area contributed by atoms with Gasteiger partial charge in [0.25, 0.3) is 5.91 Å². The Morgan fingerprint density at radius 3 is 2.61 bits per heavy atom. The minimum absolute atomic E-state index is 0.122. The van der Waals surface area contributed by atoms with E-state index in [4.69, 9.17) is 15.2 Å². The zero-order valence-corrected chi connectivity index (χ0v) is 16.0. The summed E-state index contributed by atoms with van der Waals surface area (Å²) in [5.41, 5.74) is 6.98. The van der Waals surface area contributed by atoms with Crippen LogP contribution in [0.25, 0.3) is 0 Å². The molecular weight excluding hydrogens is 378 g/mol. The van der Waals surface area contributed by atoms with Gasteiger partial charge in [0.2, 0.25) is 5.78 Å². The first kappa shape index (κ1) is 19.4. The molecule has 3 rings (SSSR count). The summed E-state index contributed by atoms with van der Waals surface area (Å²) in [5.74, 6) is 0.829. The Bertz CT molecular complexity index is 970. The molecule has 1 amide bonds. The first-order valence-electron chi connectivity index (χ1n) is 8.43. The van der Waals surface area contributed by atoms with Gasteiger partial charge < -0.3 is 20.5 Å². The lowest BCUT2D eigenvalue weighted by Gasteiger charge is -2.09. The number of methoxy groups -OCH3 is 1. The van der Waals surface area contributed by atoms with Crippen LogP contribution in [0.3, 0.4) is 0 Å². The van der Waals surface area contributed by atoms with Gasteiger partial charge in [0, 0.05) is 12.1 Å². The van der Waals surface area contributed by atoms with E-state index >= 15 is 0 Å². The van der Waals surface area contributed by atoms with Crippen LogP contribution in [-0.4, -0.2) is 30.4 Å². The molecule has 144 valence electrons. The quantitative estimate of drug-likeness (QED) is 0.567. The van der Waals surface area contributed by atoms with E-state index in [0.29, 0.717) is 27.9 Å². The molecule has 0 aliphatic carbocycles. The van der Waals surface area contributed by atoms with Gasteiger partial charge in [0.15, 0.2) is 11.7 Å². The lowest BCUT2D eigenvalue weighted by atomic mass is 10.1. The van der Waals surface area contributed by atoms with E-state index in [0.717, 1.165) is 22.6 Å². The Hall–Kier alpha value is -3.39. The van der Waals surface area contributed by atoms with Crippen LogP contribution in [-0.2, 0) is 11.3 Å². The minimum atomic E-state index is -0.247. The van der Waals surface area contributed by atoms with E-state index in [1.807, 2.05) is 24.3 Å². The Labute approximate surface area is 166 Å². The van der Waals surface area contributed by atoms with Crippen LogP contribution in [0.4, 0.5) is 5.13 Å². The van der Waals surface area contributed by atoms with Gasteiger partial charge in [0.05, 0.1) is 18.2 Å². The summed E-state index contributed by atoms with van der Waals surface area (Å²) in [4.78, 5) is 28.6. The summed E-state index contributed by atoms with van der Waals surface area (Å²) in [7, 11) is 1.59. The van der Waals surface area contributed by atoms with Crippen molar-refractivity contribution in [3.05, 3.63) is 70.7 Å². The highest BCUT2D eigenvalue weighted by Gasteiger charge is 2.12. The summed E-state index contributed by atoms with van der Waals surface area (Å²) in [6, 6.07) is 14.0. The van der Waals surface area contributed by atoms with Crippen LogP contribution in [0.1, 0.15) is 20.8 Å². The summed E-state index contributed by atoms with van der Waals surface area (Å²) in [6.45, 7) is 0.257. The highest BCUT2D eigenvalue weighted by molar-refractivity contribution is 7.17. The number of ketones is 1. The smallest absolute Gasteiger partial charge is 0.258 e. The number of nitrogen functional groups attached to an aromatic ring is 1. The van der Waals surface area contributed by atoms with E-state index in [1.165, 1.54) is 6.20 Å². The van der Waals surface area contributed by atoms with Crippen molar-refractivity contribution in [2.75, 3.05) is 19.5 Å². The molecule has 0 bridgehead atoms. The van der Waals surface area contributed by atoms with Gasteiger partial charge >= 0.3 is 0 Å². The second-order valence-corrected chi connectivity index (χ2v) is 6.90. The van der Waals surface area contributed by atoms with E-state index in [9.17, 15) is 9.59 Å². The first-order valence-corrected chi connectivity index (χ1v) is 9.25. The lowest BCUT2D eigenvalue weighted by molar-refractivity contribution is -0.123. The largest absolute Gasteiger partial charge is 0.497 e. The van der Waals surface area contributed by atoms with Gasteiger partial charge in [-0.25, -0.2) is 4.98 Å². The Balaban J connectivity index is 1.49. The molecule has 28 heavy (non-hydrogen) atoms. The van der Waals surface area contributed by atoms with E-state index in [1.54, 1.807) is 31.4 Å². The second-order valence-electron chi connectivity index (χ2n) is 5.83. The molecule has 0 aliphatic heterocycles. The maximum Gasteiger partial charge on any atom is 0.258 e. The summed E-state index contributed by atoms with van der Waals surface area (Å²) in [5, 5.41) is 3.13. The molecule has 0 unspecified atom stereocenters. The van der Waals surface area contributed by atoms with Gasteiger partial charge in [-0.3, -0.25) is 9.59 Å². The summed E-state index contributed by atoms with van der Waals surface area (Å²) >= 11 is 1.14. The third-order valence-electron chi connectivity index (χ3n) is 3.86. The molecule has 2 aromatic carbocycles. The van der Waals surface area contributed by atoms with Gasteiger partial charge in [-0.15, -0.1) is 0 Å². The van der Waals surface area contributed by atoms with Crippen LogP contribution in [0.5, 0.6) is 11.5 Å². The zero-order valence-electron chi connectivity index (χ0n) is 15.2. The molecular formula is C20H19N3O4S. The number of carbonyl (C=O) groups is 2. The SMILES string of the molecule is COc1cccc(CNC(=O)COc2ccc(C(=O)c3cnc(N)s3)cc2)c1. The highest BCUT2D eigenvalue weighted by Crippen LogP contribution is 2.20. The average Bonchev–Trinajstić information content (AvgIpc) is 3.17. The number of rotatable bonds is 8. The number of amides is 1. The molecule has 0 saturated carbocycles.